The van der Waals surface area contributed by atoms with Crippen LogP contribution in [0.15, 0.2) is 78.9 Å². The maximum atomic E-state index is 13.1. The average molecular weight is 447 g/mol. The lowest BCUT2D eigenvalue weighted by atomic mass is 9.86. The monoisotopic (exact) mass is 446 g/mol. The van der Waals surface area contributed by atoms with Crippen LogP contribution in [0.1, 0.15) is 43.4 Å². The van der Waals surface area contributed by atoms with Gasteiger partial charge in [0.2, 0.25) is 0 Å². The molecule has 0 saturated carbocycles. The van der Waals surface area contributed by atoms with Crippen molar-refractivity contribution in [1.29, 1.82) is 5.26 Å². The van der Waals surface area contributed by atoms with Gasteiger partial charge < -0.3 is 10.1 Å². The number of hydrogen-bond acceptors (Lipinski definition) is 3. The van der Waals surface area contributed by atoms with Crippen molar-refractivity contribution < 1.29 is 9.53 Å². The molecule has 0 spiro atoms. The maximum absolute atomic E-state index is 13.1. The highest BCUT2D eigenvalue weighted by atomic mass is 35.5. The van der Waals surface area contributed by atoms with Gasteiger partial charge in [0.25, 0.3) is 5.91 Å². The zero-order valence-electron chi connectivity index (χ0n) is 18.5. The third-order valence-corrected chi connectivity index (χ3v) is 5.69. The molecule has 32 heavy (non-hydrogen) atoms. The number of ether oxygens (including phenoxy) is 1. The highest BCUT2D eigenvalue weighted by molar-refractivity contribution is 6.30. The zero-order valence-corrected chi connectivity index (χ0v) is 19.3. The Morgan fingerprint density at radius 2 is 1.75 bits per heavy atom. The lowest BCUT2D eigenvalue weighted by molar-refractivity contribution is -0.135. The number of nitrogens with one attached hydrogen (secondary N) is 1. The van der Waals surface area contributed by atoms with Crippen molar-refractivity contribution in [2.45, 2.75) is 44.8 Å². The van der Waals surface area contributed by atoms with E-state index in [0.29, 0.717) is 16.3 Å². The minimum atomic E-state index is -1.11. The molecule has 3 aromatic rings. The SMILES string of the molecule is CC(NC(=O)C(C)(C)Oc1cccc(C#N)c1)C(Cc1ccc(Cl)cc1)c1ccccc1. The summed E-state index contributed by atoms with van der Waals surface area (Å²) in [5.41, 5.74) is 1.67. The molecule has 0 fully saturated rings. The molecule has 2 atom stereocenters. The summed E-state index contributed by atoms with van der Waals surface area (Å²) in [7, 11) is 0. The molecular weight excluding hydrogens is 420 g/mol. The van der Waals surface area contributed by atoms with Gasteiger partial charge in [-0.05, 0) is 68.7 Å². The number of carbonyl (C=O) groups excluding carboxylic acids is 1. The van der Waals surface area contributed by atoms with Crippen LogP contribution in [0, 0.1) is 11.3 Å². The van der Waals surface area contributed by atoms with Crippen molar-refractivity contribution in [1.82, 2.24) is 5.32 Å². The van der Waals surface area contributed by atoms with Gasteiger partial charge in [0, 0.05) is 17.0 Å². The molecular formula is C27H27ClN2O2. The highest BCUT2D eigenvalue weighted by Gasteiger charge is 2.33. The molecule has 3 rings (SSSR count). The fraction of sp³-hybridized carbons (Fsp3) is 0.259. The van der Waals surface area contributed by atoms with Gasteiger partial charge >= 0.3 is 0 Å². The lowest BCUT2D eigenvalue weighted by Crippen LogP contribution is -2.51. The molecule has 2 unspecified atom stereocenters. The number of nitrogens with zero attached hydrogens (tertiary/aromatic N) is 1. The Labute approximate surface area is 194 Å². The van der Waals surface area contributed by atoms with Gasteiger partial charge in [-0.3, -0.25) is 4.79 Å². The predicted molar refractivity (Wildman–Crippen MR) is 128 cm³/mol. The fourth-order valence-corrected chi connectivity index (χ4v) is 3.74. The third-order valence-electron chi connectivity index (χ3n) is 5.44. The topological polar surface area (TPSA) is 62.1 Å². The van der Waals surface area contributed by atoms with Crippen LogP contribution in [0.5, 0.6) is 5.75 Å². The van der Waals surface area contributed by atoms with Crippen molar-refractivity contribution in [2.24, 2.45) is 0 Å². The summed E-state index contributed by atoms with van der Waals surface area (Å²) in [4.78, 5) is 13.1. The van der Waals surface area contributed by atoms with Crippen LogP contribution in [0.4, 0.5) is 0 Å². The van der Waals surface area contributed by atoms with Gasteiger partial charge in [-0.1, -0.05) is 60.1 Å². The molecule has 0 aliphatic rings. The quantitative estimate of drug-likeness (QED) is 0.468. The van der Waals surface area contributed by atoms with E-state index in [2.05, 4.69) is 23.5 Å². The predicted octanol–water partition coefficient (Wildman–Crippen LogP) is 5.90. The summed E-state index contributed by atoms with van der Waals surface area (Å²) < 4.78 is 5.95. The molecule has 0 aromatic heterocycles. The van der Waals surface area contributed by atoms with Crippen LogP contribution in [0.3, 0.4) is 0 Å². The second-order valence-electron chi connectivity index (χ2n) is 8.36. The smallest absolute Gasteiger partial charge is 0.263 e. The van der Waals surface area contributed by atoms with Crippen molar-refractivity contribution in [2.75, 3.05) is 0 Å². The van der Waals surface area contributed by atoms with Gasteiger partial charge in [0.05, 0.1) is 11.6 Å². The summed E-state index contributed by atoms with van der Waals surface area (Å²) in [5, 5.41) is 12.9. The number of rotatable bonds is 8. The van der Waals surface area contributed by atoms with E-state index in [0.717, 1.165) is 17.5 Å². The van der Waals surface area contributed by atoms with E-state index in [9.17, 15) is 4.79 Å². The summed E-state index contributed by atoms with van der Waals surface area (Å²) in [5.74, 6) is 0.334. The van der Waals surface area contributed by atoms with Gasteiger partial charge in [-0.2, -0.15) is 5.26 Å². The van der Waals surface area contributed by atoms with E-state index in [1.165, 1.54) is 0 Å². The first-order valence-corrected chi connectivity index (χ1v) is 11.0. The van der Waals surface area contributed by atoms with Gasteiger partial charge in [-0.15, -0.1) is 0 Å². The van der Waals surface area contributed by atoms with E-state index in [4.69, 9.17) is 21.6 Å². The van der Waals surface area contributed by atoms with Crippen LogP contribution in [0.2, 0.25) is 5.02 Å². The largest absolute Gasteiger partial charge is 0.478 e. The number of carbonyl (C=O) groups is 1. The molecule has 0 aliphatic heterocycles. The number of hydrogen-bond donors (Lipinski definition) is 1. The molecule has 1 N–H and O–H groups in total. The Morgan fingerprint density at radius 3 is 2.41 bits per heavy atom. The van der Waals surface area contributed by atoms with E-state index in [-0.39, 0.29) is 17.9 Å². The van der Waals surface area contributed by atoms with Gasteiger partial charge in [0.15, 0.2) is 5.60 Å². The summed E-state index contributed by atoms with van der Waals surface area (Å²) >= 11 is 6.04. The summed E-state index contributed by atoms with van der Waals surface area (Å²) in [6, 6.07) is 26.7. The Morgan fingerprint density at radius 1 is 1.06 bits per heavy atom. The van der Waals surface area contributed by atoms with Crippen LogP contribution in [-0.2, 0) is 11.2 Å². The Bertz CT molecular complexity index is 1090. The minimum absolute atomic E-state index is 0.0686. The molecule has 0 aliphatic carbocycles. The van der Waals surface area contributed by atoms with E-state index >= 15 is 0 Å². The number of nitriles is 1. The van der Waals surface area contributed by atoms with Crippen molar-refractivity contribution >= 4 is 17.5 Å². The Balaban J connectivity index is 1.76. The molecule has 0 heterocycles. The fourth-order valence-electron chi connectivity index (χ4n) is 3.61. The first-order valence-electron chi connectivity index (χ1n) is 10.6. The second kappa shape index (κ2) is 10.3. The minimum Gasteiger partial charge on any atom is -0.478 e. The van der Waals surface area contributed by atoms with Gasteiger partial charge in [-0.25, -0.2) is 0 Å². The van der Waals surface area contributed by atoms with Crippen LogP contribution >= 0.6 is 11.6 Å². The lowest BCUT2D eigenvalue weighted by Gasteiger charge is -2.31. The summed E-state index contributed by atoms with van der Waals surface area (Å²) in [6.07, 6.45) is 0.758. The van der Waals surface area contributed by atoms with E-state index in [1.54, 1.807) is 38.1 Å². The van der Waals surface area contributed by atoms with Crippen molar-refractivity contribution in [3.8, 4) is 11.8 Å². The molecule has 3 aromatic carbocycles. The second-order valence-corrected chi connectivity index (χ2v) is 8.80. The maximum Gasteiger partial charge on any atom is 0.263 e. The third kappa shape index (κ3) is 6.12. The van der Waals surface area contributed by atoms with Crippen molar-refractivity contribution in [3.63, 3.8) is 0 Å². The Hall–Kier alpha value is -3.29. The molecule has 0 bridgehead atoms. The van der Waals surface area contributed by atoms with Crippen LogP contribution < -0.4 is 10.1 Å². The number of benzene rings is 3. The van der Waals surface area contributed by atoms with Crippen molar-refractivity contribution in [3.05, 3.63) is 101 Å². The molecule has 164 valence electrons. The number of amides is 1. The molecule has 0 saturated heterocycles. The Kier molecular flexibility index (Phi) is 7.56. The zero-order chi connectivity index (χ0) is 23.1. The van der Waals surface area contributed by atoms with Gasteiger partial charge in [0.1, 0.15) is 5.75 Å². The summed E-state index contributed by atoms with van der Waals surface area (Å²) in [6.45, 7) is 5.47. The van der Waals surface area contributed by atoms with Crippen LogP contribution in [-0.4, -0.2) is 17.6 Å². The normalized spacial score (nSPS) is 13.0. The molecule has 5 heteroatoms. The number of halogens is 1. The van der Waals surface area contributed by atoms with E-state index in [1.807, 2.05) is 49.4 Å². The van der Waals surface area contributed by atoms with Crippen LogP contribution in [0.25, 0.3) is 0 Å². The highest BCUT2D eigenvalue weighted by Crippen LogP contribution is 2.26. The molecule has 4 nitrogen and oxygen atoms in total. The first kappa shape index (κ1) is 23.4. The first-order chi connectivity index (χ1) is 15.3. The average Bonchev–Trinajstić information content (AvgIpc) is 2.79. The molecule has 1 amide bonds. The standard InChI is InChI=1S/C27H27ClN2O2/c1-19(30-26(31)27(2,3)32-24-11-7-8-21(16-24)18-29)25(22-9-5-4-6-10-22)17-20-12-14-23(28)15-13-20/h4-16,19,25H,17H2,1-3H3,(H,30,31). The van der Waals surface area contributed by atoms with E-state index < -0.39 is 5.60 Å². The molecule has 0 radical (unpaired) electrons.